The molecule has 0 bridgehead atoms. The second-order valence-electron chi connectivity index (χ2n) is 9.20. The van der Waals surface area contributed by atoms with E-state index in [4.69, 9.17) is 4.74 Å². The number of piperidine rings is 2. The molecular formula is C21H31N7O2. The van der Waals surface area contributed by atoms with Crippen LogP contribution in [0.15, 0.2) is 25.0 Å². The molecular weight excluding hydrogens is 382 g/mol. The third kappa shape index (κ3) is 4.77. The SMILES string of the molecule is CC(C)(C)OC(=O)N1CCC(C2CCNCC2)C[C@@H]1c1cc(-n2cncn2)ncn1. The smallest absolute Gasteiger partial charge is 0.410 e. The number of ether oxygens (including phenoxy) is 1. The van der Waals surface area contributed by atoms with Gasteiger partial charge in [0, 0.05) is 12.6 Å². The van der Waals surface area contributed by atoms with Gasteiger partial charge in [0.05, 0.1) is 11.7 Å². The molecule has 2 aliphatic heterocycles. The summed E-state index contributed by atoms with van der Waals surface area (Å²) in [6.07, 6.45) is 8.61. The van der Waals surface area contributed by atoms with Crippen LogP contribution in [-0.2, 0) is 4.74 Å². The van der Waals surface area contributed by atoms with Crippen molar-refractivity contribution in [1.82, 2.24) is 34.9 Å². The van der Waals surface area contributed by atoms with E-state index < -0.39 is 5.60 Å². The topological polar surface area (TPSA) is 98.1 Å². The van der Waals surface area contributed by atoms with E-state index in [0.29, 0.717) is 24.2 Å². The maximum atomic E-state index is 13.0. The summed E-state index contributed by atoms with van der Waals surface area (Å²) in [5.41, 5.74) is 0.283. The molecule has 1 amide bonds. The Morgan fingerprint density at radius 2 is 1.93 bits per heavy atom. The fourth-order valence-corrected chi connectivity index (χ4v) is 4.55. The Bertz CT molecular complexity index is 843. The van der Waals surface area contributed by atoms with Crippen LogP contribution in [-0.4, -0.2) is 61.0 Å². The fraction of sp³-hybridized carbons (Fsp3) is 0.667. The van der Waals surface area contributed by atoms with Gasteiger partial charge in [-0.15, -0.1) is 0 Å². The molecule has 1 unspecified atom stereocenters. The summed E-state index contributed by atoms with van der Waals surface area (Å²) in [5.74, 6) is 1.90. The number of nitrogens with one attached hydrogen (secondary N) is 1. The number of aromatic nitrogens is 5. The molecule has 2 saturated heterocycles. The second kappa shape index (κ2) is 8.67. The number of carbonyl (C=O) groups excluding carboxylic acids is 1. The van der Waals surface area contributed by atoms with Crippen molar-refractivity contribution in [2.45, 2.75) is 58.1 Å². The molecule has 2 aliphatic rings. The summed E-state index contributed by atoms with van der Waals surface area (Å²) in [6, 6.07) is 1.76. The second-order valence-corrected chi connectivity index (χ2v) is 9.20. The Labute approximate surface area is 177 Å². The standard InChI is InChI=1S/C21H31N7O2/c1-21(2,3)30-20(29)27-9-6-16(15-4-7-22-8-5-15)10-18(27)17-11-19(25-13-24-17)28-14-23-12-26-28/h11-16,18,22H,4-10H2,1-3H3/t16?,18-/m1/s1. The molecule has 9 nitrogen and oxygen atoms in total. The van der Waals surface area contributed by atoms with Crippen molar-refractivity contribution in [3.63, 3.8) is 0 Å². The largest absolute Gasteiger partial charge is 0.444 e. The summed E-state index contributed by atoms with van der Waals surface area (Å²) in [4.78, 5) is 27.7. The molecule has 0 aromatic carbocycles. The Hall–Kier alpha value is -2.55. The third-order valence-corrected chi connectivity index (χ3v) is 5.99. The lowest BCUT2D eigenvalue weighted by molar-refractivity contribution is -0.00182. The molecule has 2 atom stereocenters. The number of carbonyl (C=O) groups is 1. The highest BCUT2D eigenvalue weighted by atomic mass is 16.6. The lowest BCUT2D eigenvalue weighted by Gasteiger charge is -2.43. The van der Waals surface area contributed by atoms with Crippen LogP contribution in [0.5, 0.6) is 0 Å². The number of nitrogens with zero attached hydrogens (tertiary/aromatic N) is 6. The first-order valence-electron chi connectivity index (χ1n) is 10.8. The predicted octanol–water partition coefficient (Wildman–Crippen LogP) is 2.75. The van der Waals surface area contributed by atoms with Gasteiger partial charge in [0.1, 0.15) is 24.6 Å². The summed E-state index contributed by atoms with van der Waals surface area (Å²) in [7, 11) is 0. The van der Waals surface area contributed by atoms with Crippen LogP contribution in [0.3, 0.4) is 0 Å². The highest BCUT2D eigenvalue weighted by molar-refractivity contribution is 5.69. The van der Waals surface area contributed by atoms with Gasteiger partial charge in [-0.2, -0.15) is 5.10 Å². The van der Waals surface area contributed by atoms with Crippen molar-refractivity contribution in [3.05, 3.63) is 30.7 Å². The number of rotatable bonds is 3. The molecule has 1 N–H and O–H groups in total. The minimum Gasteiger partial charge on any atom is -0.444 e. The highest BCUT2D eigenvalue weighted by Gasteiger charge is 2.38. The number of likely N-dealkylation sites (tertiary alicyclic amines) is 1. The van der Waals surface area contributed by atoms with Gasteiger partial charge in [0.25, 0.3) is 0 Å². The first-order valence-corrected chi connectivity index (χ1v) is 10.8. The van der Waals surface area contributed by atoms with Gasteiger partial charge in [-0.3, -0.25) is 4.90 Å². The predicted molar refractivity (Wildman–Crippen MR) is 111 cm³/mol. The Morgan fingerprint density at radius 3 is 2.63 bits per heavy atom. The Kier molecular flexibility index (Phi) is 5.99. The molecule has 2 aromatic heterocycles. The van der Waals surface area contributed by atoms with E-state index in [1.165, 1.54) is 25.5 Å². The van der Waals surface area contributed by atoms with Gasteiger partial charge < -0.3 is 10.1 Å². The number of hydrogen-bond donors (Lipinski definition) is 1. The summed E-state index contributed by atoms with van der Waals surface area (Å²) < 4.78 is 7.33. The van der Waals surface area contributed by atoms with Crippen LogP contribution in [0.1, 0.15) is 58.2 Å². The molecule has 2 aromatic rings. The minimum absolute atomic E-state index is 0.140. The van der Waals surface area contributed by atoms with Gasteiger partial charge in [-0.25, -0.2) is 24.4 Å². The Morgan fingerprint density at radius 1 is 1.13 bits per heavy atom. The average Bonchev–Trinajstić information content (AvgIpc) is 3.28. The van der Waals surface area contributed by atoms with E-state index in [1.807, 2.05) is 31.7 Å². The molecule has 0 saturated carbocycles. The normalized spacial score (nSPS) is 23.4. The summed E-state index contributed by atoms with van der Waals surface area (Å²) in [5, 5.41) is 7.62. The molecule has 4 rings (SSSR count). The van der Waals surface area contributed by atoms with Gasteiger partial charge >= 0.3 is 6.09 Å². The fourth-order valence-electron chi connectivity index (χ4n) is 4.55. The van der Waals surface area contributed by atoms with E-state index in [1.54, 1.807) is 11.0 Å². The van der Waals surface area contributed by atoms with E-state index in [2.05, 4.69) is 25.4 Å². The minimum atomic E-state index is -0.537. The zero-order valence-electron chi connectivity index (χ0n) is 18.0. The molecule has 162 valence electrons. The first-order chi connectivity index (χ1) is 14.4. The van der Waals surface area contributed by atoms with E-state index in [0.717, 1.165) is 31.6 Å². The van der Waals surface area contributed by atoms with Crippen molar-refractivity contribution in [2.24, 2.45) is 11.8 Å². The molecule has 0 spiro atoms. The highest BCUT2D eigenvalue weighted by Crippen LogP contribution is 2.40. The van der Waals surface area contributed by atoms with Crippen LogP contribution in [0.4, 0.5) is 4.79 Å². The van der Waals surface area contributed by atoms with Crippen molar-refractivity contribution < 1.29 is 9.53 Å². The lowest BCUT2D eigenvalue weighted by atomic mass is 9.76. The summed E-state index contributed by atoms with van der Waals surface area (Å²) >= 11 is 0. The monoisotopic (exact) mass is 413 g/mol. The maximum Gasteiger partial charge on any atom is 0.410 e. The molecule has 0 radical (unpaired) electrons. The van der Waals surface area contributed by atoms with E-state index in [9.17, 15) is 4.79 Å². The zero-order chi connectivity index (χ0) is 21.1. The van der Waals surface area contributed by atoms with Crippen LogP contribution < -0.4 is 5.32 Å². The maximum absolute atomic E-state index is 13.0. The van der Waals surface area contributed by atoms with Crippen molar-refractivity contribution in [1.29, 1.82) is 0 Å². The van der Waals surface area contributed by atoms with Crippen LogP contribution in [0.25, 0.3) is 5.82 Å². The zero-order valence-corrected chi connectivity index (χ0v) is 18.0. The van der Waals surface area contributed by atoms with Crippen molar-refractivity contribution in [3.8, 4) is 5.82 Å². The Balaban J connectivity index is 1.61. The van der Waals surface area contributed by atoms with Gasteiger partial charge in [0.2, 0.25) is 0 Å². The molecule has 0 aliphatic carbocycles. The van der Waals surface area contributed by atoms with Crippen LogP contribution in [0.2, 0.25) is 0 Å². The van der Waals surface area contributed by atoms with Crippen LogP contribution in [0, 0.1) is 11.8 Å². The van der Waals surface area contributed by atoms with Gasteiger partial charge in [0.15, 0.2) is 5.82 Å². The van der Waals surface area contributed by atoms with E-state index in [-0.39, 0.29) is 12.1 Å². The number of hydrogen-bond acceptors (Lipinski definition) is 7. The molecule has 4 heterocycles. The lowest BCUT2D eigenvalue weighted by Crippen LogP contribution is -2.46. The van der Waals surface area contributed by atoms with E-state index >= 15 is 0 Å². The number of amides is 1. The quantitative estimate of drug-likeness (QED) is 0.826. The van der Waals surface area contributed by atoms with Crippen LogP contribution >= 0.6 is 0 Å². The molecule has 9 heteroatoms. The first kappa shape index (κ1) is 20.7. The average molecular weight is 414 g/mol. The molecule has 30 heavy (non-hydrogen) atoms. The van der Waals surface area contributed by atoms with Crippen molar-refractivity contribution >= 4 is 6.09 Å². The third-order valence-electron chi connectivity index (χ3n) is 5.99. The molecule has 2 fully saturated rings. The van der Waals surface area contributed by atoms with Gasteiger partial charge in [-0.05, 0) is 71.4 Å². The van der Waals surface area contributed by atoms with Crippen molar-refractivity contribution in [2.75, 3.05) is 19.6 Å². The van der Waals surface area contributed by atoms with Gasteiger partial charge in [-0.1, -0.05) is 0 Å². The summed E-state index contributed by atoms with van der Waals surface area (Å²) in [6.45, 7) is 8.52.